The van der Waals surface area contributed by atoms with Crippen molar-refractivity contribution in [2.45, 2.75) is 24.8 Å². The molecule has 7 nitrogen and oxygen atoms in total. The van der Waals surface area contributed by atoms with Gasteiger partial charge in [0.05, 0.1) is 9.82 Å². The minimum atomic E-state index is -3.72. The van der Waals surface area contributed by atoms with E-state index in [2.05, 4.69) is 10.0 Å². The number of likely N-dealkylation sites (N-methyl/N-ethyl adjacent to an activating group) is 1. The summed E-state index contributed by atoms with van der Waals surface area (Å²) >= 11 is 0. The first-order chi connectivity index (χ1) is 8.86. The average Bonchev–Trinajstić information content (AvgIpc) is 2.37. The van der Waals surface area contributed by atoms with E-state index >= 15 is 0 Å². The van der Waals surface area contributed by atoms with Gasteiger partial charge in [-0.15, -0.1) is 0 Å². The highest BCUT2D eigenvalue weighted by Crippen LogP contribution is 2.16. The molecule has 19 heavy (non-hydrogen) atoms. The van der Waals surface area contributed by atoms with E-state index in [0.29, 0.717) is 0 Å². The molecule has 0 aliphatic rings. The summed E-state index contributed by atoms with van der Waals surface area (Å²) in [6.07, 6.45) is 0. The molecule has 0 unspecified atom stereocenters. The second kappa shape index (κ2) is 6.60. The molecule has 2 N–H and O–H groups in total. The van der Waals surface area contributed by atoms with Crippen LogP contribution in [0.15, 0.2) is 29.2 Å². The maximum atomic E-state index is 12.0. The lowest BCUT2D eigenvalue weighted by molar-refractivity contribution is -0.385. The molecule has 1 rings (SSSR count). The van der Waals surface area contributed by atoms with Gasteiger partial charge >= 0.3 is 0 Å². The molecule has 106 valence electrons. The van der Waals surface area contributed by atoms with E-state index in [-0.39, 0.29) is 23.2 Å². The molecule has 0 fully saturated rings. The molecular formula is C11H17N3O4S. The largest absolute Gasteiger partial charge is 0.313 e. The maximum Gasteiger partial charge on any atom is 0.270 e. The first-order valence-electron chi connectivity index (χ1n) is 5.84. The van der Waals surface area contributed by atoms with E-state index in [4.69, 9.17) is 0 Å². The van der Waals surface area contributed by atoms with Crippen molar-refractivity contribution in [2.75, 3.05) is 13.1 Å². The predicted octanol–water partition coefficient (Wildman–Crippen LogP) is 0.871. The molecular weight excluding hydrogens is 270 g/mol. The Balaban J connectivity index is 2.83. The van der Waals surface area contributed by atoms with Gasteiger partial charge in [0.15, 0.2) is 0 Å². The van der Waals surface area contributed by atoms with E-state index in [1.165, 1.54) is 18.2 Å². The monoisotopic (exact) mass is 287 g/mol. The second-order valence-electron chi connectivity index (χ2n) is 4.07. The normalized spacial score (nSPS) is 13.2. The SMILES string of the molecule is CCN[C@H](C)CNS(=O)(=O)c1cccc([N+](=O)[O-])c1. The summed E-state index contributed by atoms with van der Waals surface area (Å²) in [6, 6.07) is 4.95. The summed E-state index contributed by atoms with van der Waals surface area (Å²) in [4.78, 5) is 9.88. The topological polar surface area (TPSA) is 101 Å². The molecule has 0 saturated carbocycles. The number of nitro groups is 1. The standard InChI is InChI=1S/C11H17N3O4S/c1-3-12-9(2)8-13-19(17,18)11-6-4-5-10(7-11)14(15)16/h4-7,9,12-13H,3,8H2,1-2H3/t9-/m1/s1. The average molecular weight is 287 g/mol. The lowest BCUT2D eigenvalue weighted by atomic mass is 10.3. The van der Waals surface area contributed by atoms with Gasteiger partial charge in [-0.2, -0.15) is 0 Å². The van der Waals surface area contributed by atoms with Crippen LogP contribution in [-0.4, -0.2) is 32.5 Å². The zero-order chi connectivity index (χ0) is 14.5. The highest BCUT2D eigenvalue weighted by molar-refractivity contribution is 7.89. The molecule has 0 radical (unpaired) electrons. The third-order valence-corrected chi connectivity index (χ3v) is 3.89. The van der Waals surface area contributed by atoms with Crippen LogP contribution in [-0.2, 0) is 10.0 Å². The third-order valence-electron chi connectivity index (χ3n) is 2.47. The minimum Gasteiger partial charge on any atom is -0.313 e. The Hall–Kier alpha value is -1.51. The van der Waals surface area contributed by atoms with E-state index < -0.39 is 14.9 Å². The first-order valence-corrected chi connectivity index (χ1v) is 7.32. The Morgan fingerprint density at radius 2 is 2.11 bits per heavy atom. The van der Waals surface area contributed by atoms with Gasteiger partial charge < -0.3 is 5.32 Å². The van der Waals surface area contributed by atoms with Gasteiger partial charge in [0.25, 0.3) is 5.69 Å². The van der Waals surface area contributed by atoms with Gasteiger partial charge in [0.2, 0.25) is 10.0 Å². The highest BCUT2D eigenvalue weighted by Gasteiger charge is 2.17. The fourth-order valence-electron chi connectivity index (χ4n) is 1.50. The zero-order valence-electron chi connectivity index (χ0n) is 10.8. The van der Waals surface area contributed by atoms with Gasteiger partial charge in [-0.25, -0.2) is 13.1 Å². The number of nitrogens with one attached hydrogen (secondary N) is 2. The Morgan fingerprint density at radius 1 is 1.42 bits per heavy atom. The fourth-order valence-corrected chi connectivity index (χ4v) is 2.67. The van der Waals surface area contributed by atoms with Gasteiger partial charge in [-0.1, -0.05) is 13.0 Å². The molecule has 0 heterocycles. The molecule has 0 bridgehead atoms. The summed E-state index contributed by atoms with van der Waals surface area (Å²) in [7, 11) is -3.72. The molecule has 0 aliphatic carbocycles. The van der Waals surface area contributed by atoms with Crippen LogP contribution >= 0.6 is 0 Å². The lowest BCUT2D eigenvalue weighted by Crippen LogP contribution is -2.38. The molecule has 0 spiro atoms. The Morgan fingerprint density at radius 3 is 2.68 bits per heavy atom. The van der Waals surface area contributed by atoms with Gasteiger partial charge in [0, 0.05) is 24.7 Å². The molecule has 0 amide bonds. The summed E-state index contributed by atoms with van der Waals surface area (Å²) in [5, 5.41) is 13.7. The van der Waals surface area contributed by atoms with E-state index in [0.717, 1.165) is 12.6 Å². The van der Waals surface area contributed by atoms with E-state index in [9.17, 15) is 18.5 Å². The molecule has 0 aliphatic heterocycles. The van der Waals surface area contributed by atoms with Crippen molar-refractivity contribution < 1.29 is 13.3 Å². The van der Waals surface area contributed by atoms with Crippen LogP contribution in [0, 0.1) is 10.1 Å². The fraction of sp³-hybridized carbons (Fsp3) is 0.455. The van der Waals surface area contributed by atoms with E-state index in [1.807, 2.05) is 13.8 Å². The Kier molecular flexibility index (Phi) is 5.40. The van der Waals surface area contributed by atoms with Gasteiger partial charge in [0.1, 0.15) is 0 Å². The quantitative estimate of drug-likeness (QED) is 0.572. The molecule has 1 aromatic rings. The predicted molar refractivity (Wildman–Crippen MR) is 71.4 cm³/mol. The summed E-state index contributed by atoms with van der Waals surface area (Å²) in [6.45, 7) is 4.73. The second-order valence-corrected chi connectivity index (χ2v) is 5.83. The third kappa shape index (κ3) is 4.58. The van der Waals surface area contributed by atoms with Crippen molar-refractivity contribution in [3.8, 4) is 0 Å². The van der Waals surface area contributed by atoms with Crippen molar-refractivity contribution >= 4 is 15.7 Å². The van der Waals surface area contributed by atoms with Crippen molar-refractivity contribution in [3.63, 3.8) is 0 Å². The number of sulfonamides is 1. The summed E-state index contributed by atoms with van der Waals surface area (Å²) in [5.41, 5.74) is -0.248. The van der Waals surface area contributed by atoms with Gasteiger partial charge in [-0.3, -0.25) is 10.1 Å². The minimum absolute atomic E-state index is 0.0153. The smallest absolute Gasteiger partial charge is 0.270 e. The Labute approximate surface area is 112 Å². The number of hydrogen-bond acceptors (Lipinski definition) is 5. The first kappa shape index (κ1) is 15.5. The van der Waals surface area contributed by atoms with Crippen molar-refractivity contribution in [1.29, 1.82) is 0 Å². The van der Waals surface area contributed by atoms with Crippen LogP contribution in [0.1, 0.15) is 13.8 Å². The highest BCUT2D eigenvalue weighted by atomic mass is 32.2. The van der Waals surface area contributed by atoms with Crippen LogP contribution in [0.25, 0.3) is 0 Å². The number of rotatable bonds is 7. The van der Waals surface area contributed by atoms with Crippen LogP contribution in [0.2, 0.25) is 0 Å². The molecule has 8 heteroatoms. The molecule has 1 atom stereocenters. The molecule has 1 aromatic carbocycles. The number of nitrogens with zero attached hydrogens (tertiary/aromatic N) is 1. The Bertz CT molecular complexity index is 545. The number of benzene rings is 1. The zero-order valence-corrected chi connectivity index (χ0v) is 11.6. The maximum absolute atomic E-state index is 12.0. The lowest BCUT2D eigenvalue weighted by Gasteiger charge is -2.13. The number of non-ortho nitro benzene ring substituents is 1. The van der Waals surface area contributed by atoms with Crippen molar-refractivity contribution in [3.05, 3.63) is 34.4 Å². The van der Waals surface area contributed by atoms with Crippen molar-refractivity contribution in [1.82, 2.24) is 10.0 Å². The number of nitro benzene ring substituents is 1. The van der Waals surface area contributed by atoms with E-state index in [1.54, 1.807) is 0 Å². The summed E-state index contributed by atoms with van der Waals surface area (Å²) < 4.78 is 26.3. The summed E-state index contributed by atoms with van der Waals surface area (Å²) in [5.74, 6) is 0. The molecule has 0 saturated heterocycles. The van der Waals surface area contributed by atoms with Crippen LogP contribution < -0.4 is 10.0 Å². The van der Waals surface area contributed by atoms with Crippen molar-refractivity contribution in [2.24, 2.45) is 0 Å². The van der Waals surface area contributed by atoms with Crippen LogP contribution in [0.3, 0.4) is 0 Å². The van der Waals surface area contributed by atoms with Crippen LogP contribution in [0.4, 0.5) is 5.69 Å². The molecule has 0 aromatic heterocycles. The van der Waals surface area contributed by atoms with Gasteiger partial charge in [-0.05, 0) is 19.5 Å². The number of hydrogen-bond donors (Lipinski definition) is 2. The van der Waals surface area contributed by atoms with Crippen LogP contribution in [0.5, 0.6) is 0 Å².